The lowest BCUT2D eigenvalue weighted by Crippen LogP contribution is -2.42. The van der Waals surface area contributed by atoms with Crippen LogP contribution >= 0.6 is 0 Å². The number of hydrogen-bond acceptors (Lipinski definition) is 12. The number of aliphatic hydroxyl groups is 4. The van der Waals surface area contributed by atoms with E-state index in [1.807, 2.05) is 48.5 Å². The van der Waals surface area contributed by atoms with Crippen molar-refractivity contribution in [1.82, 2.24) is 4.90 Å². The maximum Gasteiger partial charge on any atom is 0.308 e. The van der Waals surface area contributed by atoms with Crippen LogP contribution in [0.4, 0.5) is 0 Å². The molecule has 0 rings (SSSR count). The number of carbonyl (C=O) groups excluding carboxylic acids is 5. The van der Waals surface area contributed by atoms with Crippen molar-refractivity contribution in [3.05, 3.63) is 0 Å². The van der Waals surface area contributed by atoms with Crippen molar-refractivity contribution in [2.45, 2.75) is 238 Å². The first-order chi connectivity index (χ1) is 33.9. The van der Waals surface area contributed by atoms with Gasteiger partial charge in [0, 0.05) is 24.9 Å². The zero-order chi connectivity index (χ0) is 55.1. The van der Waals surface area contributed by atoms with Crippen LogP contribution in [0.15, 0.2) is 0 Å². The van der Waals surface area contributed by atoms with Crippen molar-refractivity contribution in [1.29, 1.82) is 0 Å². The topological polar surface area (TPSA) is 223 Å². The Labute approximate surface area is 435 Å². The van der Waals surface area contributed by atoms with Crippen LogP contribution in [0.1, 0.15) is 238 Å². The molecular weight excluding hydrogens is 905 g/mol. The number of nitrogens with zero attached hydrogens (tertiary/aromatic N) is 1. The maximum atomic E-state index is 12.3. The van der Waals surface area contributed by atoms with E-state index in [4.69, 9.17) is 19.9 Å². The number of hydrogen-bond donors (Lipinski definition) is 5. The highest BCUT2D eigenvalue weighted by Gasteiger charge is 2.35. The fourth-order valence-electron chi connectivity index (χ4n) is 8.34. The van der Waals surface area contributed by atoms with Gasteiger partial charge in [-0.1, -0.05) is 154 Å². The summed E-state index contributed by atoms with van der Waals surface area (Å²) < 4.78 is 16.1. The van der Waals surface area contributed by atoms with Crippen molar-refractivity contribution in [2.75, 3.05) is 59.3 Å². The van der Waals surface area contributed by atoms with E-state index in [0.29, 0.717) is 12.3 Å². The minimum atomic E-state index is -1.17. The summed E-state index contributed by atoms with van der Waals surface area (Å²) in [5.74, 6) is -0.561. The Bertz CT molecular complexity index is 1180. The fraction of sp³-hybridized carbons (Fsp3) is 0.912. The number of rotatable bonds is 40. The zero-order valence-electron chi connectivity index (χ0n) is 48.1. The van der Waals surface area contributed by atoms with Gasteiger partial charge in [-0.2, -0.15) is 0 Å². The van der Waals surface area contributed by atoms with Crippen molar-refractivity contribution >= 4 is 29.7 Å². The molecule has 0 aromatic carbocycles. The second kappa shape index (κ2) is 49.4. The van der Waals surface area contributed by atoms with E-state index in [1.54, 1.807) is 0 Å². The highest BCUT2D eigenvalue weighted by atomic mass is 16.6. The SMILES string of the molecule is CCCC(CCC)C(=O)N(CCC)CCC.CCCC(CCC)C(=O)OCC(CC)(CO)CO.CCCC(CCC)C(=O)OCC(CO)(CO)COC(=O)C(CCC)CCC.CCCC(CCC)C(N)=O. The number of aliphatic hydroxyl groups excluding tert-OH is 4. The molecule has 0 fully saturated rings. The molecule has 2 amide bonds. The van der Waals surface area contributed by atoms with Gasteiger partial charge in [0.05, 0.1) is 55.0 Å². The lowest BCUT2D eigenvalue weighted by atomic mass is 9.88. The minimum absolute atomic E-state index is 0.0491. The third kappa shape index (κ3) is 35.1. The quantitative estimate of drug-likeness (QED) is 0.0286. The summed E-state index contributed by atoms with van der Waals surface area (Å²) in [5.41, 5.74) is 3.30. The standard InChI is InChI=1S/C21H40O6.C14H29NO.C14H28O4.C8H17NO/c1-5-9-17(10-6-2)19(24)26-15-21(13-22,14-23)16-27-20(25)18(11-7-3)12-8-4;1-5-9-13(10-6-2)14(16)15(11-7-3)12-8-4;1-4-7-12(8-5-2)13(17)18-11-14(6-3,9-15)10-16;1-3-5-7(6-4-2)8(9)10/h17-18,22-23H,5-16H2,1-4H3;13H,5-12H2,1-4H3;12,15-16H,4-11H2,1-3H3;7H,3-6H2,1-2H3,(H2,9,10). The van der Waals surface area contributed by atoms with Gasteiger partial charge in [0.15, 0.2) is 0 Å². The molecule has 0 aromatic rings. The first-order valence-electron chi connectivity index (χ1n) is 28.5. The van der Waals surface area contributed by atoms with Crippen LogP contribution in [-0.2, 0) is 38.2 Å². The minimum Gasteiger partial charge on any atom is -0.465 e. The van der Waals surface area contributed by atoms with Gasteiger partial charge in [-0.15, -0.1) is 0 Å². The zero-order valence-corrected chi connectivity index (χ0v) is 48.1. The Morgan fingerprint density at radius 3 is 0.831 bits per heavy atom. The van der Waals surface area contributed by atoms with Gasteiger partial charge in [-0.3, -0.25) is 24.0 Å². The average Bonchev–Trinajstić information content (AvgIpc) is 3.37. The summed E-state index contributed by atoms with van der Waals surface area (Å²) in [5, 5.41) is 38.1. The van der Waals surface area contributed by atoms with E-state index in [9.17, 15) is 44.4 Å². The van der Waals surface area contributed by atoms with E-state index in [2.05, 4.69) is 46.4 Å². The van der Waals surface area contributed by atoms with Gasteiger partial charge >= 0.3 is 17.9 Å². The van der Waals surface area contributed by atoms with Crippen LogP contribution in [-0.4, -0.2) is 114 Å². The molecule has 0 radical (unpaired) electrons. The molecule has 0 bridgehead atoms. The molecule has 0 aliphatic rings. The Morgan fingerprint density at radius 2 is 0.620 bits per heavy atom. The summed E-state index contributed by atoms with van der Waals surface area (Å²) in [6.07, 6.45) is 21.2. The number of nitrogens with two attached hydrogens (primary N) is 1. The van der Waals surface area contributed by atoms with E-state index >= 15 is 0 Å². The molecule has 0 unspecified atom stereocenters. The Kier molecular flexibility index (Phi) is 52.0. The van der Waals surface area contributed by atoms with Crippen molar-refractivity contribution in [2.24, 2.45) is 46.2 Å². The van der Waals surface area contributed by atoms with E-state index < -0.39 is 24.0 Å². The van der Waals surface area contributed by atoms with Gasteiger partial charge in [0.2, 0.25) is 11.8 Å². The fourth-order valence-corrected chi connectivity index (χ4v) is 8.34. The molecular formula is C57H114N2O12. The van der Waals surface area contributed by atoms with Gasteiger partial charge < -0.3 is 45.3 Å². The van der Waals surface area contributed by atoms with Gasteiger partial charge in [-0.05, 0) is 83.5 Å². The number of amides is 2. The first kappa shape index (κ1) is 74.7. The van der Waals surface area contributed by atoms with Gasteiger partial charge in [-0.25, -0.2) is 0 Å². The molecule has 424 valence electrons. The second-order valence-electron chi connectivity index (χ2n) is 19.9. The molecule has 0 heterocycles. The van der Waals surface area contributed by atoms with Crippen LogP contribution < -0.4 is 5.73 Å². The number of esters is 3. The van der Waals surface area contributed by atoms with Gasteiger partial charge in [0.25, 0.3) is 0 Å². The predicted molar refractivity (Wildman–Crippen MR) is 289 cm³/mol. The van der Waals surface area contributed by atoms with Crippen LogP contribution in [0.2, 0.25) is 0 Å². The number of ether oxygens (including phenoxy) is 3. The summed E-state index contributed by atoms with van der Waals surface area (Å²) in [6.45, 7) is 27.2. The lowest BCUT2D eigenvalue weighted by molar-refractivity contribution is -0.164. The Balaban J connectivity index is -0.000000446. The van der Waals surface area contributed by atoms with Crippen molar-refractivity contribution in [3.8, 4) is 0 Å². The molecule has 0 atom stereocenters. The van der Waals surface area contributed by atoms with E-state index in [-0.39, 0.29) is 86.4 Å². The predicted octanol–water partition coefficient (Wildman–Crippen LogP) is 11.1. The summed E-state index contributed by atoms with van der Waals surface area (Å²) >= 11 is 0. The lowest BCUT2D eigenvalue weighted by Gasteiger charge is -2.30. The third-order valence-corrected chi connectivity index (χ3v) is 13.1. The highest BCUT2D eigenvalue weighted by Crippen LogP contribution is 2.25. The van der Waals surface area contributed by atoms with E-state index in [0.717, 1.165) is 154 Å². The molecule has 0 aromatic heterocycles. The number of carbonyl (C=O) groups is 5. The van der Waals surface area contributed by atoms with Gasteiger partial charge in [0.1, 0.15) is 19.8 Å². The largest absolute Gasteiger partial charge is 0.465 e. The monoisotopic (exact) mass is 1020 g/mol. The molecule has 0 aliphatic heterocycles. The average molecular weight is 1020 g/mol. The molecule has 0 saturated carbocycles. The molecule has 0 aliphatic carbocycles. The van der Waals surface area contributed by atoms with Crippen LogP contribution in [0.3, 0.4) is 0 Å². The Morgan fingerprint density at radius 1 is 0.380 bits per heavy atom. The first-order valence-corrected chi connectivity index (χ1v) is 28.5. The summed E-state index contributed by atoms with van der Waals surface area (Å²) in [6, 6.07) is 0. The van der Waals surface area contributed by atoms with Crippen molar-refractivity contribution in [3.63, 3.8) is 0 Å². The normalized spacial score (nSPS) is 11.4. The molecule has 71 heavy (non-hydrogen) atoms. The van der Waals surface area contributed by atoms with Crippen LogP contribution in [0.5, 0.6) is 0 Å². The van der Waals surface area contributed by atoms with Crippen LogP contribution in [0.25, 0.3) is 0 Å². The van der Waals surface area contributed by atoms with Crippen molar-refractivity contribution < 1.29 is 58.6 Å². The molecule has 0 saturated heterocycles. The molecule has 6 N–H and O–H groups in total. The molecule has 14 nitrogen and oxygen atoms in total. The second-order valence-corrected chi connectivity index (χ2v) is 19.9. The smallest absolute Gasteiger partial charge is 0.308 e. The summed E-state index contributed by atoms with van der Waals surface area (Å²) in [4.78, 5) is 61.7. The highest BCUT2D eigenvalue weighted by molar-refractivity contribution is 5.79. The maximum absolute atomic E-state index is 12.3. The molecule has 14 heteroatoms. The summed E-state index contributed by atoms with van der Waals surface area (Å²) in [7, 11) is 0. The molecule has 0 spiro atoms. The third-order valence-electron chi connectivity index (χ3n) is 13.1. The van der Waals surface area contributed by atoms with E-state index in [1.165, 1.54) is 0 Å². The number of primary amides is 1. The Hall–Kier alpha value is -2.81. The van der Waals surface area contributed by atoms with Crippen LogP contribution in [0, 0.1) is 40.4 Å².